The average molecular weight is 657 g/mol. The third-order valence-electron chi connectivity index (χ3n) is 8.06. The van der Waals surface area contributed by atoms with Crippen LogP contribution in [0.5, 0.6) is 5.75 Å². The maximum atomic E-state index is 13.6. The third kappa shape index (κ3) is 6.13. The van der Waals surface area contributed by atoms with Crippen LogP contribution in [0.2, 0.25) is 0 Å². The molecule has 1 saturated heterocycles. The molecule has 1 unspecified atom stereocenters. The van der Waals surface area contributed by atoms with Crippen molar-refractivity contribution < 1.29 is 19.4 Å². The highest BCUT2D eigenvalue weighted by Crippen LogP contribution is 2.44. The number of hydrogen-bond donors (Lipinski definition) is 1. The van der Waals surface area contributed by atoms with Crippen LogP contribution in [0.25, 0.3) is 16.5 Å². The first-order chi connectivity index (χ1) is 23.0. The number of thioether (sulfide) groups is 1. The Labute approximate surface area is 279 Å². The lowest BCUT2D eigenvalue weighted by Gasteiger charge is -2.22. The Bertz CT molecular complexity index is 2120. The van der Waals surface area contributed by atoms with Crippen LogP contribution in [0.3, 0.4) is 0 Å². The van der Waals surface area contributed by atoms with Crippen LogP contribution < -0.4 is 9.64 Å². The van der Waals surface area contributed by atoms with Gasteiger partial charge in [-0.3, -0.25) is 19.5 Å². The number of pyridine rings is 1. The van der Waals surface area contributed by atoms with Gasteiger partial charge in [-0.1, -0.05) is 95.9 Å². The Balaban J connectivity index is 1.16. The Morgan fingerprint density at radius 2 is 1.66 bits per heavy atom. The van der Waals surface area contributed by atoms with Gasteiger partial charge in [0.2, 0.25) is 5.13 Å². The Kier molecular flexibility index (Phi) is 8.52. The van der Waals surface area contributed by atoms with Gasteiger partial charge in [0.25, 0.3) is 5.78 Å². The first-order valence-corrected chi connectivity index (χ1v) is 16.7. The molecule has 0 saturated carbocycles. The summed E-state index contributed by atoms with van der Waals surface area (Å²) >= 11 is 2.74. The van der Waals surface area contributed by atoms with E-state index in [9.17, 15) is 14.7 Å². The van der Waals surface area contributed by atoms with Crippen molar-refractivity contribution >= 4 is 56.5 Å². The van der Waals surface area contributed by atoms with E-state index in [-0.39, 0.29) is 16.5 Å². The van der Waals surface area contributed by atoms with Crippen LogP contribution in [0, 0.1) is 6.92 Å². The van der Waals surface area contributed by atoms with Gasteiger partial charge in [-0.15, -0.1) is 10.2 Å². The minimum absolute atomic E-state index is 0.0447. The smallest absolute Gasteiger partial charge is 0.301 e. The van der Waals surface area contributed by atoms with E-state index in [0.717, 1.165) is 22.1 Å². The van der Waals surface area contributed by atoms with Crippen molar-refractivity contribution in [2.75, 3.05) is 4.90 Å². The number of ether oxygens (including phenoxy) is 1. The molecule has 8 nitrogen and oxygen atoms in total. The summed E-state index contributed by atoms with van der Waals surface area (Å²) in [5.41, 5.74) is 4.26. The number of aliphatic hydroxyl groups excluding tert-OH is 1. The molecule has 10 heteroatoms. The van der Waals surface area contributed by atoms with Crippen LogP contribution in [0.15, 0.2) is 125 Å². The van der Waals surface area contributed by atoms with Crippen molar-refractivity contribution in [3.05, 3.63) is 149 Å². The fourth-order valence-corrected chi connectivity index (χ4v) is 7.47. The molecule has 2 aromatic heterocycles. The third-order valence-corrected chi connectivity index (χ3v) is 10.2. The molecule has 3 heterocycles. The number of carbonyl (C=O) groups excluding carboxylic acids is 2. The molecule has 0 spiro atoms. The summed E-state index contributed by atoms with van der Waals surface area (Å²) in [6.45, 7) is 2.43. The number of rotatable bonds is 9. The van der Waals surface area contributed by atoms with Crippen molar-refractivity contribution in [2.45, 2.75) is 29.7 Å². The molecule has 1 fully saturated rings. The van der Waals surface area contributed by atoms with Gasteiger partial charge >= 0.3 is 5.91 Å². The van der Waals surface area contributed by atoms with E-state index in [4.69, 9.17) is 4.74 Å². The summed E-state index contributed by atoms with van der Waals surface area (Å²) in [7, 11) is 0. The number of anilines is 1. The van der Waals surface area contributed by atoms with E-state index < -0.39 is 17.7 Å². The maximum absolute atomic E-state index is 13.6. The van der Waals surface area contributed by atoms with E-state index in [1.54, 1.807) is 48.8 Å². The van der Waals surface area contributed by atoms with E-state index in [1.807, 2.05) is 49.4 Å². The van der Waals surface area contributed by atoms with E-state index in [2.05, 4.69) is 39.4 Å². The van der Waals surface area contributed by atoms with Crippen molar-refractivity contribution in [2.24, 2.45) is 0 Å². The predicted octanol–water partition coefficient (Wildman–Crippen LogP) is 7.89. The quantitative estimate of drug-likeness (QED) is 0.0551. The average Bonchev–Trinajstić information content (AvgIpc) is 3.68. The second kappa shape index (κ2) is 13.2. The molecule has 1 atom stereocenters. The fourth-order valence-electron chi connectivity index (χ4n) is 5.60. The summed E-state index contributed by atoms with van der Waals surface area (Å²) in [6, 6.07) is 31.7. The lowest BCUT2D eigenvalue weighted by molar-refractivity contribution is -0.132. The number of carbonyl (C=O) groups is 2. The topological polar surface area (TPSA) is 106 Å². The first kappa shape index (κ1) is 30.3. The monoisotopic (exact) mass is 656 g/mol. The number of hydrogen-bond acceptors (Lipinski definition) is 9. The molecule has 1 aliphatic rings. The summed E-state index contributed by atoms with van der Waals surface area (Å²) in [5.74, 6) is -0.626. The Morgan fingerprint density at radius 1 is 0.894 bits per heavy atom. The number of amides is 1. The number of nitrogens with zero attached hydrogens (tertiary/aromatic N) is 4. The molecule has 7 rings (SSSR count). The zero-order valence-electron chi connectivity index (χ0n) is 25.2. The van der Waals surface area contributed by atoms with Gasteiger partial charge in [0, 0.05) is 23.7 Å². The second-order valence-electron chi connectivity index (χ2n) is 11.0. The number of aromatic nitrogens is 3. The molecule has 47 heavy (non-hydrogen) atoms. The number of Topliss-reactive ketones (excluding diaryl/α,β-unsaturated/α-hetero) is 1. The zero-order chi connectivity index (χ0) is 32.3. The Hall–Kier alpha value is -5.32. The SMILES string of the molecule is Cc1ccccc1COc1ccc(/C(O)=C2\C(=O)C(=O)N(c3nnc(SCc4cccc5ccccc45)s3)C2c2cccnc2)cc1. The number of fused-ring (bicyclic) bond motifs is 1. The van der Waals surface area contributed by atoms with Crippen LogP contribution in [0.1, 0.15) is 33.9 Å². The molecule has 232 valence electrons. The summed E-state index contributed by atoms with van der Waals surface area (Å²) in [4.78, 5) is 32.7. The van der Waals surface area contributed by atoms with Crippen LogP contribution in [-0.2, 0) is 21.9 Å². The number of ketones is 1. The normalized spacial score (nSPS) is 15.8. The predicted molar refractivity (Wildman–Crippen MR) is 184 cm³/mol. The van der Waals surface area contributed by atoms with Crippen molar-refractivity contribution in [1.82, 2.24) is 15.2 Å². The molecule has 1 amide bonds. The molecule has 1 N–H and O–H groups in total. The van der Waals surface area contributed by atoms with Gasteiger partial charge in [-0.25, -0.2) is 0 Å². The highest BCUT2D eigenvalue weighted by atomic mass is 32.2. The fraction of sp³-hybridized carbons (Fsp3) is 0.108. The molecule has 0 bridgehead atoms. The van der Waals surface area contributed by atoms with Gasteiger partial charge in [-0.2, -0.15) is 0 Å². The van der Waals surface area contributed by atoms with E-state index in [1.165, 1.54) is 33.4 Å². The lowest BCUT2D eigenvalue weighted by atomic mass is 9.96. The zero-order valence-corrected chi connectivity index (χ0v) is 26.9. The minimum Gasteiger partial charge on any atom is -0.507 e. The van der Waals surface area contributed by atoms with Crippen LogP contribution in [-0.4, -0.2) is 32.0 Å². The van der Waals surface area contributed by atoms with Crippen molar-refractivity contribution in [3.8, 4) is 5.75 Å². The number of aliphatic hydroxyl groups is 1. The molecule has 4 aromatic carbocycles. The molecular weight excluding hydrogens is 629 g/mol. The Morgan fingerprint density at radius 3 is 2.47 bits per heavy atom. The molecule has 1 aliphatic heterocycles. The van der Waals surface area contributed by atoms with Gasteiger partial charge in [0.15, 0.2) is 4.34 Å². The van der Waals surface area contributed by atoms with Crippen molar-refractivity contribution in [1.29, 1.82) is 0 Å². The van der Waals surface area contributed by atoms with Gasteiger partial charge in [-0.05, 0) is 70.3 Å². The highest BCUT2D eigenvalue weighted by Gasteiger charge is 2.48. The largest absolute Gasteiger partial charge is 0.507 e. The van der Waals surface area contributed by atoms with Gasteiger partial charge in [0.1, 0.15) is 18.1 Å². The van der Waals surface area contributed by atoms with E-state index in [0.29, 0.717) is 33.6 Å². The lowest BCUT2D eigenvalue weighted by Crippen LogP contribution is -2.29. The molecule has 0 aliphatic carbocycles. The highest BCUT2D eigenvalue weighted by molar-refractivity contribution is 8.00. The number of aryl methyl sites for hydroxylation is 1. The minimum atomic E-state index is -0.940. The maximum Gasteiger partial charge on any atom is 0.301 e. The number of benzene rings is 4. The summed E-state index contributed by atoms with van der Waals surface area (Å²) in [6.07, 6.45) is 3.19. The van der Waals surface area contributed by atoms with Gasteiger partial charge < -0.3 is 9.84 Å². The van der Waals surface area contributed by atoms with E-state index >= 15 is 0 Å². The summed E-state index contributed by atoms with van der Waals surface area (Å²) < 4.78 is 6.61. The first-order valence-electron chi connectivity index (χ1n) is 14.9. The van der Waals surface area contributed by atoms with Crippen LogP contribution in [0.4, 0.5) is 5.13 Å². The molecular formula is C37H28N4O4S2. The van der Waals surface area contributed by atoms with Crippen LogP contribution >= 0.6 is 23.1 Å². The second-order valence-corrected chi connectivity index (χ2v) is 13.2. The molecule has 6 aromatic rings. The van der Waals surface area contributed by atoms with Gasteiger partial charge in [0.05, 0.1) is 11.6 Å². The summed E-state index contributed by atoms with van der Waals surface area (Å²) in [5, 5.41) is 22.8. The van der Waals surface area contributed by atoms with Crippen molar-refractivity contribution in [3.63, 3.8) is 0 Å². The molecule has 0 radical (unpaired) electrons. The standard InChI is InChI=1S/C37H28N4O4S2/c1-23-8-2-3-10-27(23)21-45-29-17-15-25(16-18-29)33(42)31-32(26-13-7-19-38-20-26)41(35(44)34(31)43)36-39-40-37(47-36)46-22-28-12-6-11-24-9-4-5-14-30(24)28/h2-20,32,42H,21-22H2,1H3/b33-31+.